The number of hydrogen-bond donors (Lipinski definition) is 1. The molecule has 3 aliphatic heterocycles. The first-order valence-corrected chi connectivity index (χ1v) is 9.57. The number of aldehydes is 1. The van der Waals surface area contributed by atoms with Gasteiger partial charge in [0.25, 0.3) is 5.91 Å². The van der Waals surface area contributed by atoms with Gasteiger partial charge in [-0.3, -0.25) is 19.7 Å². The summed E-state index contributed by atoms with van der Waals surface area (Å²) in [5.41, 5.74) is 2.29. The number of nitrogens with zero attached hydrogens (tertiary/aromatic N) is 2. The molecular weight excluding hydrogens is 362 g/mol. The van der Waals surface area contributed by atoms with Crippen molar-refractivity contribution in [1.82, 2.24) is 10.2 Å². The Morgan fingerprint density at radius 1 is 1.14 bits per heavy atom. The molecule has 2 fully saturated rings. The van der Waals surface area contributed by atoms with Gasteiger partial charge in [-0.1, -0.05) is 0 Å². The molecule has 4 rings (SSSR count). The first-order valence-electron chi connectivity index (χ1n) is 9.57. The zero-order valence-electron chi connectivity index (χ0n) is 15.8. The fraction of sp³-hybridized carbons (Fsp3) is 0.500. The molecule has 3 aliphatic rings. The number of benzene rings is 1. The van der Waals surface area contributed by atoms with Gasteiger partial charge in [0.2, 0.25) is 11.8 Å². The lowest BCUT2D eigenvalue weighted by molar-refractivity contribution is -0.136. The highest BCUT2D eigenvalue weighted by atomic mass is 16.5. The summed E-state index contributed by atoms with van der Waals surface area (Å²) in [7, 11) is 1.57. The number of amides is 3. The molecule has 1 N–H and O–H groups in total. The van der Waals surface area contributed by atoms with E-state index >= 15 is 0 Å². The molecule has 1 atom stereocenters. The van der Waals surface area contributed by atoms with Gasteiger partial charge in [-0.15, -0.1) is 0 Å². The lowest BCUT2D eigenvalue weighted by Gasteiger charge is -2.32. The van der Waals surface area contributed by atoms with Crippen molar-refractivity contribution in [2.45, 2.75) is 38.3 Å². The SMILES string of the molecule is COc1cc2c(cc1N1CCC(C=O)CC1)CN(C1CCC(=O)NC1=O)C2=O. The Balaban J connectivity index is 1.59. The Labute approximate surface area is 162 Å². The normalized spacial score (nSPS) is 22.9. The number of imide groups is 1. The molecule has 28 heavy (non-hydrogen) atoms. The monoisotopic (exact) mass is 385 g/mol. The summed E-state index contributed by atoms with van der Waals surface area (Å²) in [6.07, 6.45) is 3.19. The van der Waals surface area contributed by atoms with Crippen LogP contribution in [0, 0.1) is 5.92 Å². The van der Waals surface area contributed by atoms with E-state index in [9.17, 15) is 19.2 Å². The highest BCUT2D eigenvalue weighted by molar-refractivity contribution is 6.05. The summed E-state index contributed by atoms with van der Waals surface area (Å²) in [6.45, 7) is 1.84. The first-order chi connectivity index (χ1) is 13.5. The molecule has 3 amide bonds. The van der Waals surface area contributed by atoms with Crippen molar-refractivity contribution in [2.24, 2.45) is 5.92 Å². The Bertz CT molecular complexity index is 844. The number of piperidine rings is 2. The minimum Gasteiger partial charge on any atom is -0.495 e. The molecule has 8 nitrogen and oxygen atoms in total. The summed E-state index contributed by atoms with van der Waals surface area (Å²) in [4.78, 5) is 51.2. The number of ether oxygens (including phenoxy) is 1. The van der Waals surface area contributed by atoms with Crippen LogP contribution in [0.2, 0.25) is 0 Å². The Hall–Kier alpha value is -2.90. The van der Waals surface area contributed by atoms with Crippen LogP contribution >= 0.6 is 0 Å². The van der Waals surface area contributed by atoms with E-state index in [1.807, 2.05) is 6.07 Å². The third kappa shape index (κ3) is 3.12. The molecule has 2 saturated heterocycles. The lowest BCUT2D eigenvalue weighted by Crippen LogP contribution is -2.52. The fourth-order valence-corrected chi connectivity index (χ4v) is 4.27. The summed E-state index contributed by atoms with van der Waals surface area (Å²) in [6, 6.07) is 3.07. The van der Waals surface area contributed by atoms with Crippen LogP contribution in [-0.4, -0.2) is 55.1 Å². The number of nitrogens with one attached hydrogen (secondary N) is 1. The molecule has 148 valence electrons. The summed E-state index contributed by atoms with van der Waals surface area (Å²) in [5.74, 6) is -0.217. The Morgan fingerprint density at radius 2 is 1.89 bits per heavy atom. The third-order valence-electron chi connectivity index (χ3n) is 5.90. The van der Waals surface area contributed by atoms with Crippen molar-refractivity contribution in [3.8, 4) is 5.75 Å². The van der Waals surface area contributed by atoms with E-state index in [1.165, 1.54) is 4.90 Å². The van der Waals surface area contributed by atoms with Crippen LogP contribution in [0.3, 0.4) is 0 Å². The van der Waals surface area contributed by atoms with E-state index in [1.54, 1.807) is 13.2 Å². The highest BCUT2D eigenvalue weighted by Gasteiger charge is 2.40. The lowest BCUT2D eigenvalue weighted by atomic mass is 9.97. The topological polar surface area (TPSA) is 96.0 Å². The van der Waals surface area contributed by atoms with Gasteiger partial charge in [-0.2, -0.15) is 0 Å². The average Bonchev–Trinajstić information content (AvgIpc) is 3.02. The zero-order chi connectivity index (χ0) is 19.8. The Morgan fingerprint density at radius 3 is 2.54 bits per heavy atom. The van der Waals surface area contributed by atoms with Crippen LogP contribution in [0.25, 0.3) is 0 Å². The summed E-state index contributed by atoms with van der Waals surface area (Å²) >= 11 is 0. The maximum atomic E-state index is 12.9. The standard InChI is InChI=1S/C20H23N3O5/c1-28-17-9-14-13(8-16(17)22-6-4-12(11-24)5-7-22)10-23(20(14)27)15-2-3-18(25)21-19(15)26/h8-9,11-12,15H,2-7,10H2,1H3,(H,21,25,26). The number of carbonyl (C=O) groups excluding carboxylic acids is 4. The largest absolute Gasteiger partial charge is 0.495 e. The van der Waals surface area contributed by atoms with Crippen LogP contribution in [-0.2, 0) is 20.9 Å². The van der Waals surface area contributed by atoms with E-state index in [4.69, 9.17) is 4.74 Å². The average molecular weight is 385 g/mol. The van der Waals surface area contributed by atoms with E-state index in [-0.39, 0.29) is 24.2 Å². The number of rotatable bonds is 4. The molecule has 0 bridgehead atoms. The van der Waals surface area contributed by atoms with Gasteiger partial charge in [0.1, 0.15) is 18.1 Å². The van der Waals surface area contributed by atoms with Crippen molar-refractivity contribution in [3.05, 3.63) is 23.3 Å². The van der Waals surface area contributed by atoms with Gasteiger partial charge in [-0.25, -0.2) is 0 Å². The van der Waals surface area contributed by atoms with Crippen molar-refractivity contribution in [3.63, 3.8) is 0 Å². The summed E-state index contributed by atoms with van der Waals surface area (Å²) in [5, 5.41) is 2.32. The highest BCUT2D eigenvalue weighted by Crippen LogP contribution is 2.38. The van der Waals surface area contributed by atoms with Crippen LogP contribution < -0.4 is 15.0 Å². The van der Waals surface area contributed by atoms with Crippen molar-refractivity contribution in [2.75, 3.05) is 25.1 Å². The number of anilines is 1. The van der Waals surface area contributed by atoms with E-state index < -0.39 is 11.9 Å². The second kappa shape index (κ2) is 7.26. The predicted octanol–water partition coefficient (Wildman–Crippen LogP) is 0.871. The van der Waals surface area contributed by atoms with Crippen molar-refractivity contribution in [1.29, 1.82) is 0 Å². The molecule has 0 spiro atoms. The van der Waals surface area contributed by atoms with Gasteiger partial charge in [0.15, 0.2) is 0 Å². The van der Waals surface area contributed by atoms with Gasteiger partial charge in [-0.05, 0) is 37.0 Å². The van der Waals surface area contributed by atoms with Gasteiger partial charge in [0, 0.05) is 37.5 Å². The summed E-state index contributed by atoms with van der Waals surface area (Å²) < 4.78 is 5.54. The van der Waals surface area contributed by atoms with Crippen LogP contribution in [0.4, 0.5) is 5.69 Å². The molecule has 1 aromatic carbocycles. The molecule has 3 heterocycles. The number of hydrogen-bond acceptors (Lipinski definition) is 6. The predicted molar refractivity (Wildman–Crippen MR) is 100 cm³/mol. The Kier molecular flexibility index (Phi) is 4.78. The van der Waals surface area contributed by atoms with Crippen molar-refractivity contribution >= 4 is 29.7 Å². The number of methoxy groups -OCH3 is 1. The number of fused-ring (bicyclic) bond motifs is 1. The smallest absolute Gasteiger partial charge is 0.255 e. The first kappa shape index (κ1) is 18.5. The zero-order valence-corrected chi connectivity index (χ0v) is 15.8. The van der Waals surface area contributed by atoms with Crippen molar-refractivity contribution < 1.29 is 23.9 Å². The van der Waals surface area contributed by atoms with Gasteiger partial charge < -0.3 is 19.3 Å². The molecule has 1 unspecified atom stereocenters. The second-order valence-electron chi connectivity index (χ2n) is 7.54. The van der Waals surface area contributed by atoms with Crippen LogP contribution in [0.5, 0.6) is 5.75 Å². The number of carbonyl (C=O) groups is 4. The van der Waals surface area contributed by atoms with E-state index in [2.05, 4.69) is 10.2 Å². The van der Waals surface area contributed by atoms with Gasteiger partial charge in [0.05, 0.1) is 12.8 Å². The van der Waals surface area contributed by atoms with E-state index in [0.29, 0.717) is 24.3 Å². The molecule has 0 aromatic heterocycles. The maximum absolute atomic E-state index is 12.9. The van der Waals surface area contributed by atoms with Crippen LogP contribution in [0.1, 0.15) is 41.6 Å². The quantitative estimate of drug-likeness (QED) is 0.610. The molecule has 0 radical (unpaired) electrons. The molecular formula is C20H23N3O5. The molecule has 1 aromatic rings. The fourth-order valence-electron chi connectivity index (χ4n) is 4.27. The second-order valence-corrected chi connectivity index (χ2v) is 7.54. The van der Waals surface area contributed by atoms with Crippen LogP contribution in [0.15, 0.2) is 12.1 Å². The maximum Gasteiger partial charge on any atom is 0.255 e. The molecule has 8 heteroatoms. The molecule has 0 saturated carbocycles. The molecule has 0 aliphatic carbocycles. The van der Waals surface area contributed by atoms with Gasteiger partial charge >= 0.3 is 0 Å². The van der Waals surface area contributed by atoms with E-state index in [0.717, 1.165) is 43.5 Å². The minimum absolute atomic E-state index is 0.0984. The minimum atomic E-state index is -0.629. The third-order valence-corrected chi connectivity index (χ3v) is 5.90.